The summed E-state index contributed by atoms with van der Waals surface area (Å²) in [5.74, 6) is -2.17. The highest BCUT2D eigenvalue weighted by atomic mass is 16.8. The molecule has 2 aliphatic heterocycles. The second-order valence-corrected chi connectivity index (χ2v) is 2.84. The molecule has 5 heteroatoms. The summed E-state index contributed by atoms with van der Waals surface area (Å²) in [4.78, 5) is 21.7. The summed E-state index contributed by atoms with van der Waals surface area (Å²) in [5.41, 5.74) is 0. The number of ether oxygens (including phenoxy) is 3. The van der Waals surface area contributed by atoms with Crippen molar-refractivity contribution in [2.45, 2.75) is 18.6 Å². The molecule has 66 valence electrons. The van der Waals surface area contributed by atoms with E-state index in [1.165, 1.54) is 0 Å². The standard InChI is InChI=1S/C7H8O5/c8-5-3-6(9)12-7(11-5)1-2-10-4-7/h1-4H2. The lowest BCUT2D eigenvalue weighted by Crippen LogP contribution is -2.45. The van der Waals surface area contributed by atoms with E-state index < -0.39 is 17.7 Å². The molecular formula is C7H8O5. The summed E-state index contributed by atoms with van der Waals surface area (Å²) in [6.07, 6.45) is 0.145. The van der Waals surface area contributed by atoms with Crippen LogP contribution in [0.4, 0.5) is 0 Å². The average Bonchev–Trinajstić information content (AvgIpc) is 2.33. The van der Waals surface area contributed by atoms with Gasteiger partial charge in [-0.1, -0.05) is 0 Å². The lowest BCUT2D eigenvalue weighted by Gasteiger charge is -2.30. The number of rotatable bonds is 0. The number of hydrogen-bond donors (Lipinski definition) is 0. The molecular weight excluding hydrogens is 164 g/mol. The Labute approximate surface area is 68.6 Å². The third-order valence-corrected chi connectivity index (χ3v) is 1.84. The summed E-state index contributed by atoms with van der Waals surface area (Å²) in [7, 11) is 0. The smallest absolute Gasteiger partial charge is 0.320 e. The molecule has 0 radical (unpaired) electrons. The van der Waals surface area contributed by atoms with Crippen molar-refractivity contribution < 1.29 is 23.8 Å². The number of esters is 2. The maximum absolute atomic E-state index is 10.9. The van der Waals surface area contributed by atoms with E-state index in [1.54, 1.807) is 0 Å². The fourth-order valence-corrected chi connectivity index (χ4v) is 1.31. The van der Waals surface area contributed by atoms with Gasteiger partial charge in [0.25, 0.3) is 5.79 Å². The van der Waals surface area contributed by atoms with Crippen LogP contribution in [0.5, 0.6) is 0 Å². The fourth-order valence-electron chi connectivity index (χ4n) is 1.31. The minimum Gasteiger partial charge on any atom is -0.419 e. The molecule has 0 unspecified atom stereocenters. The maximum atomic E-state index is 10.9. The van der Waals surface area contributed by atoms with Gasteiger partial charge < -0.3 is 14.2 Å². The molecule has 0 atom stereocenters. The Kier molecular flexibility index (Phi) is 1.54. The highest BCUT2D eigenvalue weighted by molar-refractivity contribution is 5.93. The molecule has 0 aromatic rings. The number of hydrogen-bond acceptors (Lipinski definition) is 5. The van der Waals surface area contributed by atoms with E-state index in [2.05, 4.69) is 0 Å². The maximum Gasteiger partial charge on any atom is 0.320 e. The minimum absolute atomic E-state index is 0.157. The molecule has 0 saturated carbocycles. The first-order chi connectivity index (χ1) is 5.70. The second kappa shape index (κ2) is 2.45. The van der Waals surface area contributed by atoms with Gasteiger partial charge in [0.05, 0.1) is 13.0 Å². The Morgan fingerprint density at radius 2 is 1.83 bits per heavy atom. The van der Waals surface area contributed by atoms with Crippen LogP contribution in [-0.4, -0.2) is 30.9 Å². The molecule has 12 heavy (non-hydrogen) atoms. The first kappa shape index (κ1) is 7.54. The molecule has 0 aromatic heterocycles. The van der Waals surface area contributed by atoms with E-state index in [0.29, 0.717) is 13.0 Å². The van der Waals surface area contributed by atoms with Crippen LogP contribution < -0.4 is 0 Å². The van der Waals surface area contributed by atoms with E-state index in [-0.39, 0.29) is 13.0 Å². The molecule has 0 aliphatic carbocycles. The van der Waals surface area contributed by atoms with Crippen molar-refractivity contribution in [2.75, 3.05) is 13.2 Å². The third kappa shape index (κ3) is 1.16. The van der Waals surface area contributed by atoms with Crippen LogP contribution in [0.15, 0.2) is 0 Å². The Hall–Kier alpha value is -1.10. The topological polar surface area (TPSA) is 61.8 Å². The predicted octanol–water partition coefficient (Wildman–Crippen LogP) is -0.407. The molecule has 0 N–H and O–H groups in total. The highest BCUT2D eigenvalue weighted by Gasteiger charge is 2.46. The summed E-state index contributed by atoms with van der Waals surface area (Å²) in [6.45, 7) is 0.616. The van der Waals surface area contributed by atoms with Crippen LogP contribution in [0.1, 0.15) is 12.8 Å². The van der Waals surface area contributed by atoms with Gasteiger partial charge in [-0.25, -0.2) is 0 Å². The van der Waals surface area contributed by atoms with Gasteiger partial charge in [-0.2, -0.15) is 0 Å². The monoisotopic (exact) mass is 172 g/mol. The lowest BCUT2D eigenvalue weighted by atomic mass is 10.2. The molecule has 0 amide bonds. The zero-order valence-electron chi connectivity index (χ0n) is 6.37. The van der Waals surface area contributed by atoms with Gasteiger partial charge in [0.2, 0.25) is 0 Å². The molecule has 2 saturated heterocycles. The van der Waals surface area contributed by atoms with Gasteiger partial charge in [-0.05, 0) is 0 Å². The van der Waals surface area contributed by atoms with Gasteiger partial charge in [-0.15, -0.1) is 0 Å². The normalized spacial score (nSPS) is 27.0. The second-order valence-electron chi connectivity index (χ2n) is 2.84. The zero-order chi connectivity index (χ0) is 8.60. The summed E-state index contributed by atoms with van der Waals surface area (Å²) >= 11 is 0. The van der Waals surface area contributed by atoms with Crippen molar-refractivity contribution in [2.24, 2.45) is 0 Å². The van der Waals surface area contributed by atoms with Crippen LogP contribution >= 0.6 is 0 Å². The Bertz CT molecular complexity index is 210. The van der Waals surface area contributed by atoms with Crippen LogP contribution in [0.25, 0.3) is 0 Å². The highest BCUT2D eigenvalue weighted by Crippen LogP contribution is 2.28. The van der Waals surface area contributed by atoms with E-state index in [1.807, 2.05) is 0 Å². The van der Waals surface area contributed by atoms with Gasteiger partial charge in [-0.3, -0.25) is 9.59 Å². The molecule has 2 fully saturated rings. The largest absolute Gasteiger partial charge is 0.419 e. The first-order valence-corrected chi connectivity index (χ1v) is 3.72. The van der Waals surface area contributed by atoms with E-state index in [0.717, 1.165) is 0 Å². The molecule has 5 nitrogen and oxygen atoms in total. The van der Waals surface area contributed by atoms with E-state index >= 15 is 0 Å². The average molecular weight is 172 g/mol. The molecule has 2 rings (SSSR count). The van der Waals surface area contributed by atoms with E-state index in [9.17, 15) is 9.59 Å². The first-order valence-electron chi connectivity index (χ1n) is 3.72. The molecule has 2 heterocycles. The summed E-state index contributed by atoms with van der Waals surface area (Å²) in [6, 6.07) is 0. The van der Waals surface area contributed by atoms with Crippen molar-refractivity contribution >= 4 is 11.9 Å². The van der Waals surface area contributed by atoms with Crippen molar-refractivity contribution in [3.63, 3.8) is 0 Å². The SMILES string of the molecule is O=C1CC(=O)OC2(CCOC2)O1. The van der Waals surface area contributed by atoms with Crippen molar-refractivity contribution in [3.8, 4) is 0 Å². The Balaban J connectivity index is 2.14. The third-order valence-electron chi connectivity index (χ3n) is 1.84. The van der Waals surface area contributed by atoms with Gasteiger partial charge in [0, 0.05) is 0 Å². The summed E-state index contributed by atoms with van der Waals surface area (Å²) in [5, 5.41) is 0. The van der Waals surface area contributed by atoms with Crippen molar-refractivity contribution in [1.29, 1.82) is 0 Å². The van der Waals surface area contributed by atoms with Crippen molar-refractivity contribution in [1.82, 2.24) is 0 Å². The van der Waals surface area contributed by atoms with Crippen LogP contribution in [0.2, 0.25) is 0 Å². The zero-order valence-corrected chi connectivity index (χ0v) is 6.37. The number of carbonyl (C=O) groups is 2. The Morgan fingerprint density at radius 1 is 1.17 bits per heavy atom. The lowest BCUT2D eigenvalue weighted by molar-refractivity contribution is -0.241. The minimum atomic E-state index is -1.10. The molecule has 0 bridgehead atoms. The molecule has 0 aromatic carbocycles. The van der Waals surface area contributed by atoms with E-state index in [4.69, 9.17) is 14.2 Å². The summed E-state index contributed by atoms with van der Waals surface area (Å²) < 4.78 is 14.8. The van der Waals surface area contributed by atoms with Crippen LogP contribution in [0.3, 0.4) is 0 Å². The fraction of sp³-hybridized carbons (Fsp3) is 0.714. The van der Waals surface area contributed by atoms with Crippen LogP contribution in [-0.2, 0) is 23.8 Å². The van der Waals surface area contributed by atoms with Crippen LogP contribution in [0, 0.1) is 0 Å². The van der Waals surface area contributed by atoms with Gasteiger partial charge >= 0.3 is 11.9 Å². The number of carbonyl (C=O) groups excluding carboxylic acids is 2. The predicted molar refractivity (Wildman–Crippen MR) is 35.0 cm³/mol. The quantitative estimate of drug-likeness (QED) is 0.367. The van der Waals surface area contributed by atoms with Gasteiger partial charge in [0.15, 0.2) is 0 Å². The Morgan fingerprint density at radius 3 is 2.33 bits per heavy atom. The molecule has 2 aliphatic rings. The van der Waals surface area contributed by atoms with Crippen molar-refractivity contribution in [3.05, 3.63) is 0 Å². The van der Waals surface area contributed by atoms with Gasteiger partial charge in [0.1, 0.15) is 13.0 Å². The molecule has 1 spiro atoms.